The summed E-state index contributed by atoms with van der Waals surface area (Å²) in [5.41, 5.74) is 3.36. The Balaban J connectivity index is 1.78. The lowest BCUT2D eigenvalue weighted by Crippen LogP contribution is -2.18. The van der Waals surface area contributed by atoms with Gasteiger partial charge in [0, 0.05) is 5.56 Å². The molecule has 9 nitrogen and oxygen atoms in total. The molecular formula is C27H27IN2O7S. The number of halogens is 1. The normalized spacial score (nSPS) is 11.1. The van der Waals surface area contributed by atoms with Crippen LogP contribution in [0.1, 0.15) is 29.8 Å². The lowest BCUT2D eigenvalue weighted by Gasteiger charge is -2.14. The summed E-state index contributed by atoms with van der Waals surface area (Å²) in [6.07, 6.45) is 3.03. The van der Waals surface area contributed by atoms with Gasteiger partial charge in [0.05, 0.1) is 23.0 Å². The van der Waals surface area contributed by atoms with Crippen LogP contribution in [0.5, 0.6) is 23.0 Å². The second-order valence-electron chi connectivity index (χ2n) is 7.51. The molecule has 3 rings (SSSR count). The molecule has 0 radical (unpaired) electrons. The highest BCUT2D eigenvalue weighted by atomic mass is 127. The standard InChI is InChI=1S/C27H27IN2O7S/c1-4-14-36-23-13-12-20(17-24(23)34-5-2)27(31)30-29-18-19-15-22(28)26(25(16-19)35-6-3)37-38(32,33)21-10-8-7-9-11-21/h4,7-13,15-18H,1,5-6,14H2,2-3H3,(H,30,31)/b29-18+. The predicted molar refractivity (Wildman–Crippen MR) is 153 cm³/mol. The number of benzene rings is 3. The van der Waals surface area contributed by atoms with Crippen LogP contribution >= 0.6 is 22.6 Å². The average Bonchev–Trinajstić information content (AvgIpc) is 2.90. The average molecular weight is 650 g/mol. The van der Waals surface area contributed by atoms with Crippen molar-refractivity contribution in [1.29, 1.82) is 0 Å². The van der Waals surface area contributed by atoms with Crippen molar-refractivity contribution < 1.29 is 31.6 Å². The van der Waals surface area contributed by atoms with Gasteiger partial charge >= 0.3 is 10.1 Å². The van der Waals surface area contributed by atoms with Gasteiger partial charge in [0.1, 0.15) is 11.5 Å². The minimum atomic E-state index is -4.06. The zero-order chi connectivity index (χ0) is 27.5. The quantitative estimate of drug-likeness (QED) is 0.0892. The van der Waals surface area contributed by atoms with E-state index in [0.717, 1.165) is 0 Å². The fraction of sp³-hybridized carbons (Fsp3) is 0.185. The molecule has 0 saturated carbocycles. The fourth-order valence-corrected chi connectivity index (χ4v) is 5.03. The van der Waals surface area contributed by atoms with Crippen LogP contribution in [0.4, 0.5) is 0 Å². The maximum Gasteiger partial charge on any atom is 0.339 e. The Bertz CT molecular complexity index is 1410. The summed E-state index contributed by atoms with van der Waals surface area (Å²) in [6.45, 7) is 8.22. The van der Waals surface area contributed by atoms with Crippen molar-refractivity contribution in [3.8, 4) is 23.0 Å². The van der Waals surface area contributed by atoms with Gasteiger partial charge in [0.15, 0.2) is 23.0 Å². The van der Waals surface area contributed by atoms with Crippen LogP contribution in [0.3, 0.4) is 0 Å². The molecule has 38 heavy (non-hydrogen) atoms. The third-order valence-electron chi connectivity index (χ3n) is 4.80. The van der Waals surface area contributed by atoms with Crippen molar-refractivity contribution >= 4 is 44.8 Å². The molecule has 0 saturated heterocycles. The van der Waals surface area contributed by atoms with Crippen LogP contribution in [0.25, 0.3) is 0 Å². The van der Waals surface area contributed by atoms with Crippen molar-refractivity contribution in [1.82, 2.24) is 5.43 Å². The van der Waals surface area contributed by atoms with Crippen LogP contribution < -0.4 is 23.8 Å². The van der Waals surface area contributed by atoms with E-state index in [1.165, 1.54) is 18.3 Å². The van der Waals surface area contributed by atoms with Gasteiger partial charge in [-0.1, -0.05) is 30.9 Å². The van der Waals surface area contributed by atoms with Crippen LogP contribution in [0, 0.1) is 3.57 Å². The summed E-state index contributed by atoms with van der Waals surface area (Å²) in [5, 5.41) is 4.03. The van der Waals surface area contributed by atoms with Crippen LogP contribution in [-0.4, -0.2) is 40.4 Å². The van der Waals surface area contributed by atoms with E-state index in [9.17, 15) is 13.2 Å². The Labute approximate surface area is 235 Å². The molecule has 200 valence electrons. The summed E-state index contributed by atoms with van der Waals surface area (Å²) < 4.78 is 48.1. The first-order chi connectivity index (χ1) is 18.3. The third-order valence-corrected chi connectivity index (χ3v) is 6.84. The van der Waals surface area contributed by atoms with Crippen molar-refractivity contribution in [2.24, 2.45) is 5.10 Å². The van der Waals surface area contributed by atoms with Crippen LogP contribution in [0.15, 0.2) is 83.3 Å². The minimum absolute atomic E-state index is 0.0272. The number of hydrazone groups is 1. The molecule has 11 heteroatoms. The second-order valence-corrected chi connectivity index (χ2v) is 10.2. The number of amides is 1. The number of nitrogens with zero attached hydrogens (tertiary/aromatic N) is 1. The molecule has 0 aliphatic heterocycles. The summed E-state index contributed by atoms with van der Waals surface area (Å²) in [6, 6.07) is 15.9. The first-order valence-electron chi connectivity index (χ1n) is 11.6. The minimum Gasteiger partial charge on any atom is -0.490 e. The molecule has 0 aromatic heterocycles. The van der Waals surface area contributed by atoms with Gasteiger partial charge in [-0.25, -0.2) is 5.43 Å². The van der Waals surface area contributed by atoms with Gasteiger partial charge in [-0.15, -0.1) is 0 Å². The maximum absolute atomic E-state index is 12.7. The molecule has 3 aromatic rings. The number of carbonyl (C=O) groups is 1. The lowest BCUT2D eigenvalue weighted by atomic mass is 10.2. The summed E-state index contributed by atoms with van der Waals surface area (Å²) >= 11 is 1.96. The van der Waals surface area contributed by atoms with Crippen molar-refractivity contribution in [2.45, 2.75) is 18.7 Å². The Kier molecular flexibility index (Phi) is 10.5. The fourth-order valence-electron chi connectivity index (χ4n) is 3.17. The van der Waals surface area contributed by atoms with Gasteiger partial charge < -0.3 is 18.4 Å². The molecule has 0 spiro atoms. The number of nitrogens with one attached hydrogen (secondary N) is 1. The largest absolute Gasteiger partial charge is 0.490 e. The van der Waals surface area contributed by atoms with E-state index >= 15 is 0 Å². The number of hydrogen-bond acceptors (Lipinski definition) is 8. The molecule has 0 heterocycles. The SMILES string of the molecule is C=CCOc1ccc(C(=O)N/N=C/c2cc(I)c(OS(=O)(=O)c3ccccc3)c(OCC)c2)cc1OCC. The number of rotatable bonds is 13. The molecule has 0 aliphatic rings. The van der Waals surface area contributed by atoms with Gasteiger partial charge in [0.2, 0.25) is 0 Å². The molecule has 0 bridgehead atoms. The Morgan fingerprint density at radius 3 is 2.37 bits per heavy atom. The van der Waals surface area contributed by atoms with E-state index in [0.29, 0.717) is 39.4 Å². The van der Waals surface area contributed by atoms with Gasteiger partial charge in [0.25, 0.3) is 5.91 Å². The number of carbonyl (C=O) groups excluding carboxylic acids is 1. The van der Waals surface area contributed by atoms with Crippen molar-refractivity contribution in [2.75, 3.05) is 19.8 Å². The lowest BCUT2D eigenvalue weighted by molar-refractivity contribution is 0.0954. The number of hydrogen-bond donors (Lipinski definition) is 1. The molecule has 1 N–H and O–H groups in total. The molecule has 1 amide bonds. The van der Waals surface area contributed by atoms with E-state index in [2.05, 4.69) is 17.1 Å². The second kappa shape index (κ2) is 13.8. The van der Waals surface area contributed by atoms with Crippen LogP contribution in [-0.2, 0) is 10.1 Å². The predicted octanol–water partition coefficient (Wildman–Crippen LogP) is 5.19. The zero-order valence-corrected chi connectivity index (χ0v) is 23.8. The van der Waals surface area contributed by atoms with E-state index < -0.39 is 16.0 Å². The van der Waals surface area contributed by atoms with E-state index in [1.807, 2.05) is 29.5 Å². The van der Waals surface area contributed by atoms with Gasteiger partial charge in [-0.2, -0.15) is 13.5 Å². The third kappa shape index (κ3) is 7.71. The van der Waals surface area contributed by atoms with Gasteiger partial charge in [-0.3, -0.25) is 4.79 Å². The number of ether oxygens (including phenoxy) is 3. The topological polar surface area (TPSA) is 113 Å². The first-order valence-corrected chi connectivity index (χ1v) is 14.1. The van der Waals surface area contributed by atoms with Gasteiger partial charge in [-0.05, 0) is 84.5 Å². The summed E-state index contributed by atoms with van der Waals surface area (Å²) in [7, 11) is -4.06. The summed E-state index contributed by atoms with van der Waals surface area (Å²) in [4.78, 5) is 12.7. The molecule has 3 aromatic carbocycles. The Morgan fingerprint density at radius 1 is 0.974 bits per heavy atom. The highest BCUT2D eigenvalue weighted by Gasteiger charge is 2.22. The zero-order valence-electron chi connectivity index (χ0n) is 20.8. The molecule has 0 fully saturated rings. The van der Waals surface area contributed by atoms with E-state index in [-0.39, 0.29) is 23.0 Å². The van der Waals surface area contributed by atoms with E-state index in [4.69, 9.17) is 18.4 Å². The maximum atomic E-state index is 12.7. The Hall–Kier alpha value is -3.58. The van der Waals surface area contributed by atoms with E-state index in [1.54, 1.807) is 61.5 Å². The highest BCUT2D eigenvalue weighted by Crippen LogP contribution is 2.36. The molecule has 0 aliphatic carbocycles. The highest BCUT2D eigenvalue weighted by molar-refractivity contribution is 14.1. The smallest absolute Gasteiger partial charge is 0.339 e. The van der Waals surface area contributed by atoms with Crippen molar-refractivity contribution in [3.63, 3.8) is 0 Å². The first kappa shape index (κ1) is 29.0. The summed E-state index contributed by atoms with van der Waals surface area (Å²) in [5.74, 6) is 0.776. The van der Waals surface area contributed by atoms with Crippen LogP contribution in [0.2, 0.25) is 0 Å². The molecule has 0 atom stereocenters. The Morgan fingerprint density at radius 2 is 1.68 bits per heavy atom. The molecular weight excluding hydrogens is 623 g/mol. The molecule has 0 unspecified atom stereocenters. The monoisotopic (exact) mass is 650 g/mol. The van der Waals surface area contributed by atoms with Crippen molar-refractivity contribution in [3.05, 3.63) is 88.0 Å².